The molecule has 2 amide bonds. The lowest BCUT2D eigenvalue weighted by Gasteiger charge is -2.42. The summed E-state index contributed by atoms with van der Waals surface area (Å²) in [6.45, 7) is 0.0364. The molecule has 1 fully saturated rings. The van der Waals surface area contributed by atoms with Crippen LogP contribution in [0.15, 0.2) is 24.3 Å². The minimum absolute atomic E-state index is 0.286. The molecule has 0 aliphatic carbocycles. The Morgan fingerprint density at radius 2 is 1.96 bits per heavy atom. The first-order valence-electron chi connectivity index (χ1n) is 7.28. The summed E-state index contributed by atoms with van der Waals surface area (Å²) in [5.41, 5.74) is 5.40. The highest BCUT2D eigenvalue weighted by Crippen LogP contribution is 2.33. The van der Waals surface area contributed by atoms with Crippen LogP contribution in [0.1, 0.15) is 18.4 Å². The zero-order valence-electron chi connectivity index (χ0n) is 13.0. The Kier molecular flexibility index (Phi) is 6.61. The number of ether oxygens (including phenoxy) is 1. The number of primary amides is 1. The summed E-state index contributed by atoms with van der Waals surface area (Å²) in [6.07, 6.45) is 0.573. The highest BCUT2D eigenvalue weighted by molar-refractivity contribution is 8.46. The smallest absolute Gasteiger partial charge is 0.304 e. The van der Waals surface area contributed by atoms with E-state index in [1.54, 1.807) is 24.3 Å². The van der Waals surface area contributed by atoms with Gasteiger partial charge < -0.3 is 10.5 Å². The van der Waals surface area contributed by atoms with Gasteiger partial charge in [0.1, 0.15) is 12.2 Å². The van der Waals surface area contributed by atoms with Crippen molar-refractivity contribution in [3.8, 4) is 11.2 Å². The van der Waals surface area contributed by atoms with Crippen LogP contribution < -0.4 is 10.6 Å². The number of benzene rings is 1. The average Bonchev–Trinajstić information content (AvgIpc) is 2.61. The van der Waals surface area contributed by atoms with E-state index in [2.05, 4.69) is 19.6 Å². The van der Waals surface area contributed by atoms with Crippen molar-refractivity contribution in [1.82, 2.24) is 0 Å². The van der Waals surface area contributed by atoms with Crippen molar-refractivity contribution in [2.75, 3.05) is 18.1 Å². The first kappa shape index (κ1) is 18.7. The van der Waals surface area contributed by atoms with Crippen molar-refractivity contribution in [2.45, 2.75) is 25.1 Å². The number of halogens is 1. The van der Waals surface area contributed by atoms with E-state index in [0.717, 1.165) is 11.4 Å². The number of hydrogen-bond donors (Lipinski definition) is 1. The molecule has 0 radical (unpaired) electrons. The largest absolute Gasteiger partial charge is 0.381 e. The van der Waals surface area contributed by atoms with E-state index in [1.165, 1.54) is 4.90 Å². The Labute approximate surface area is 146 Å². The van der Waals surface area contributed by atoms with E-state index in [0.29, 0.717) is 24.5 Å². The standard InChI is InChI=1S/C16H18FN2O3PS/c17-11-12-1-3-13(4-2-12)19(14(20)5-10-24-23)16(15(18)21)6-8-22-9-7-16/h1-4H,6-9,11,23H2,(H2,18,21). The average molecular weight is 368 g/mol. The number of carbonyl (C=O) groups is 2. The molecule has 128 valence electrons. The van der Waals surface area contributed by atoms with Crippen LogP contribution in [0.2, 0.25) is 0 Å². The van der Waals surface area contributed by atoms with Gasteiger partial charge in [-0.05, 0) is 22.9 Å². The number of anilines is 1. The van der Waals surface area contributed by atoms with Crippen molar-refractivity contribution >= 4 is 37.3 Å². The summed E-state index contributed by atoms with van der Waals surface area (Å²) in [5, 5.41) is 2.61. The molecule has 2 rings (SSSR count). The molecule has 0 saturated carbocycles. The molecule has 1 aliphatic heterocycles. The molecule has 1 atom stereocenters. The van der Waals surface area contributed by atoms with Crippen LogP contribution >= 0.6 is 19.8 Å². The molecule has 1 aromatic rings. The van der Waals surface area contributed by atoms with Crippen molar-refractivity contribution in [3.05, 3.63) is 29.8 Å². The maximum absolute atomic E-state index is 12.7. The van der Waals surface area contributed by atoms with E-state index in [9.17, 15) is 14.0 Å². The van der Waals surface area contributed by atoms with Crippen molar-refractivity contribution < 1.29 is 18.7 Å². The zero-order chi connectivity index (χ0) is 17.6. The highest BCUT2D eigenvalue weighted by Gasteiger charge is 2.46. The quantitative estimate of drug-likeness (QED) is 0.652. The van der Waals surface area contributed by atoms with Crippen LogP contribution in [0, 0.1) is 11.2 Å². The van der Waals surface area contributed by atoms with Crippen LogP contribution in [0.3, 0.4) is 0 Å². The Morgan fingerprint density at radius 1 is 1.33 bits per heavy atom. The first-order chi connectivity index (χ1) is 11.5. The summed E-state index contributed by atoms with van der Waals surface area (Å²) in [5.74, 6) is 1.36. The van der Waals surface area contributed by atoms with Crippen LogP contribution in [0.5, 0.6) is 0 Å². The fourth-order valence-electron chi connectivity index (χ4n) is 2.71. The van der Waals surface area contributed by atoms with Crippen molar-refractivity contribution in [2.24, 2.45) is 5.73 Å². The third kappa shape index (κ3) is 3.89. The number of nitrogens with zero attached hydrogens (tertiary/aromatic N) is 1. The molecular formula is C16H18FN2O3PS. The van der Waals surface area contributed by atoms with Crippen LogP contribution in [0.4, 0.5) is 10.1 Å². The Hall–Kier alpha value is -1.61. The van der Waals surface area contributed by atoms with Gasteiger partial charge in [0.05, 0.1) is 0 Å². The van der Waals surface area contributed by atoms with Gasteiger partial charge >= 0.3 is 5.91 Å². The van der Waals surface area contributed by atoms with Crippen LogP contribution in [-0.4, -0.2) is 30.6 Å². The van der Waals surface area contributed by atoms with Gasteiger partial charge in [0.15, 0.2) is 0 Å². The molecule has 0 spiro atoms. The molecule has 8 heteroatoms. The second-order valence-electron chi connectivity index (χ2n) is 5.29. The summed E-state index contributed by atoms with van der Waals surface area (Å²) in [4.78, 5) is 26.2. The molecule has 1 heterocycles. The second kappa shape index (κ2) is 8.48. The number of amides is 2. The number of hydrogen-bond acceptors (Lipinski definition) is 4. The summed E-state index contributed by atoms with van der Waals surface area (Å²) < 4.78 is 18.1. The fourth-order valence-corrected chi connectivity index (χ4v) is 3.03. The lowest BCUT2D eigenvalue weighted by atomic mass is 9.86. The van der Waals surface area contributed by atoms with E-state index < -0.39 is 24.0 Å². The fraction of sp³-hybridized carbons (Fsp3) is 0.375. The van der Waals surface area contributed by atoms with Gasteiger partial charge in [0, 0.05) is 37.7 Å². The van der Waals surface area contributed by atoms with Gasteiger partial charge in [0.2, 0.25) is 5.91 Å². The maximum Gasteiger partial charge on any atom is 0.304 e. The van der Waals surface area contributed by atoms with Gasteiger partial charge in [0.25, 0.3) is 0 Å². The molecular weight excluding hydrogens is 350 g/mol. The molecule has 1 saturated heterocycles. The maximum atomic E-state index is 12.7. The molecule has 5 nitrogen and oxygen atoms in total. The Morgan fingerprint density at radius 3 is 2.46 bits per heavy atom. The van der Waals surface area contributed by atoms with Crippen LogP contribution in [0.25, 0.3) is 0 Å². The molecule has 1 aromatic carbocycles. The number of carbonyl (C=O) groups excluding carboxylic acids is 2. The summed E-state index contributed by atoms with van der Waals surface area (Å²) in [7, 11) is 2.33. The minimum Gasteiger partial charge on any atom is -0.381 e. The second-order valence-corrected chi connectivity index (χ2v) is 6.44. The first-order valence-corrected chi connectivity index (χ1v) is 9.58. The predicted molar refractivity (Wildman–Crippen MR) is 95.8 cm³/mol. The highest BCUT2D eigenvalue weighted by atomic mass is 32.7. The summed E-state index contributed by atoms with van der Waals surface area (Å²) >= 11 is 1.12. The molecule has 0 bridgehead atoms. The van der Waals surface area contributed by atoms with E-state index in [4.69, 9.17) is 10.5 Å². The number of alkyl halides is 1. The van der Waals surface area contributed by atoms with Gasteiger partial charge in [-0.15, -0.1) is 0 Å². The molecule has 1 unspecified atom stereocenters. The van der Waals surface area contributed by atoms with Gasteiger partial charge in [-0.1, -0.05) is 32.0 Å². The monoisotopic (exact) mass is 368 g/mol. The third-order valence-corrected chi connectivity index (χ3v) is 4.55. The molecule has 2 N–H and O–H groups in total. The lowest BCUT2D eigenvalue weighted by molar-refractivity contribution is -0.130. The SMILES string of the molecule is NC(=O)C1(N(C(=O)C#CSP)c2ccc(CF)cc2)CCOCC1. The number of rotatable bonds is 4. The number of nitrogens with two attached hydrogens (primary N) is 1. The Balaban J connectivity index is 2.51. The topological polar surface area (TPSA) is 72.6 Å². The molecule has 0 aromatic heterocycles. The van der Waals surface area contributed by atoms with E-state index in [-0.39, 0.29) is 12.8 Å². The normalized spacial score (nSPS) is 15.9. The van der Waals surface area contributed by atoms with Crippen molar-refractivity contribution in [1.29, 1.82) is 0 Å². The van der Waals surface area contributed by atoms with Gasteiger partial charge in [-0.2, -0.15) is 0 Å². The molecule has 1 aliphatic rings. The van der Waals surface area contributed by atoms with Crippen molar-refractivity contribution in [3.63, 3.8) is 0 Å². The minimum atomic E-state index is -1.20. The zero-order valence-corrected chi connectivity index (χ0v) is 14.9. The predicted octanol–water partition coefficient (Wildman–Crippen LogP) is 2.01. The van der Waals surface area contributed by atoms with E-state index >= 15 is 0 Å². The summed E-state index contributed by atoms with van der Waals surface area (Å²) in [6, 6.07) is 6.34. The third-order valence-electron chi connectivity index (χ3n) is 3.98. The van der Waals surface area contributed by atoms with Crippen LogP contribution in [-0.2, 0) is 21.0 Å². The lowest BCUT2D eigenvalue weighted by Crippen LogP contribution is -2.62. The molecule has 24 heavy (non-hydrogen) atoms. The van der Waals surface area contributed by atoms with E-state index in [1.807, 2.05) is 0 Å². The van der Waals surface area contributed by atoms with Gasteiger partial charge in [-0.25, -0.2) is 4.39 Å². The Bertz CT molecular complexity index is 666. The van der Waals surface area contributed by atoms with Gasteiger partial charge in [-0.3, -0.25) is 14.5 Å².